The van der Waals surface area contributed by atoms with Crippen molar-refractivity contribution in [3.05, 3.63) is 89.5 Å². The Morgan fingerprint density at radius 2 is 1.75 bits per heavy atom. The first-order valence-corrected chi connectivity index (χ1v) is 8.54. The molecular weight excluding hydrogens is 361 g/mol. The molecule has 0 unspecified atom stereocenters. The Hall–Kier alpha value is -3.81. The number of aromatic nitrogens is 3. The fourth-order valence-electron chi connectivity index (χ4n) is 2.40. The van der Waals surface area contributed by atoms with Gasteiger partial charge in [0.2, 0.25) is 5.91 Å². The summed E-state index contributed by atoms with van der Waals surface area (Å²) in [6, 6.07) is 15.4. The third-order valence-corrected chi connectivity index (χ3v) is 3.75. The van der Waals surface area contributed by atoms with Gasteiger partial charge >= 0.3 is 0 Å². The summed E-state index contributed by atoms with van der Waals surface area (Å²) in [5.74, 6) is -1.30. The lowest BCUT2D eigenvalue weighted by Gasteiger charge is -2.05. The largest absolute Gasteiger partial charge is 0.273 e. The van der Waals surface area contributed by atoms with E-state index in [-0.39, 0.29) is 12.2 Å². The summed E-state index contributed by atoms with van der Waals surface area (Å²) in [5.41, 5.74) is 6.81. The van der Waals surface area contributed by atoms with Crippen molar-refractivity contribution < 1.29 is 14.0 Å². The van der Waals surface area contributed by atoms with E-state index in [2.05, 4.69) is 21.2 Å². The molecule has 3 rings (SSSR count). The third-order valence-electron chi connectivity index (χ3n) is 3.75. The Bertz CT molecular complexity index is 968. The first-order valence-electron chi connectivity index (χ1n) is 8.54. The minimum atomic E-state index is -0.509. The van der Waals surface area contributed by atoms with Crippen LogP contribution in [0.1, 0.15) is 16.8 Å². The summed E-state index contributed by atoms with van der Waals surface area (Å²) in [6.07, 6.45) is 4.48. The quantitative estimate of drug-likeness (QED) is 0.506. The van der Waals surface area contributed by atoms with E-state index in [4.69, 9.17) is 0 Å². The summed E-state index contributed by atoms with van der Waals surface area (Å²) in [5, 5.41) is 7.97. The molecule has 1 aromatic heterocycles. The number of nitrogens with zero attached hydrogens (tertiary/aromatic N) is 3. The number of carbonyl (C=O) groups excluding carboxylic acids is 2. The van der Waals surface area contributed by atoms with Crippen LogP contribution in [0.25, 0.3) is 6.08 Å². The molecule has 0 aliphatic heterocycles. The van der Waals surface area contributed by atoms with E-state index < -0.39 is 11.8 Å². The topological polar surface area (TPSA) is 88.9 Å². The van der Waals surface area contributed by atoms with E-state index in [9.17, 15) is 14.0 Å². The van der Waals surface area contributed by atoms with Gasteiger partial charge in [-0.05, 0) is 29.3 Å². The van der Waals surface area contributed by atoms with Crippen LogP contribution in [-0.2, 0) is 22.6 Å². The predicted molar refractivity (Wildman–Crippen MR) is 101 cm³/mol. The van der Waals surface area contributed by atoms with Crippen molar-refractivity contribution in [2.45, 2.75) is 13.0 Å². The molecule has 142 valence electrons. The van der Waals surface area contributed by atoms with Gasteiger partial charge in [0.1, 0.15) is 11.5 Å². The Kier molecular flexibility index (Phi) is 6.25. The summed E-state index contributed by atoms with van der Waals surface area (Å²) in [4.78, 5) is 23.6. The number of halogens is 1. The van der Waals surface area contributed by atoms with Crippen molar-refractivity contribution >= 4 is 17.9 Å². The van der Waals surface area contributed by atoms with Gasteiger partial charge in [0.25, 0.3) is 5.91 Å². The molecule has 0 aliphatic carbocycles. The highest BCUT2D eigenvalue weighted by atomic mass is 19.1. The average Bonchev–Trinajstić information content (AvgIpc) is 3.15. The molecule has 28 heavy (non-hydrogen) atoms. The summed E-state index contributed by atoms with van der Waals surface area (Å²) >= 11 is 0. The highest BCUT2D eigenvalue weighted by molar-refractivity contribution is 5.93. The molecule has 2 aromatic carbocycles. The molecule has 1 heterocycles. The SMILES string of the molecule is O=C(/C=C/c1cn(Cc2ccccc2)nn1)NNC(=O)Cc1ccc(F)cc1. The van der Waals surface area contributed by atoms with Gasteiger partial charge in [0.05, 0.1) is 19.2 Å². The van der Waals surface area contributed by atoms with Crippen molar-refractivity contribution in [3.8, 4) is 0 Å². The Balaban J connectivity index is 1.44. The Labute approximate surface area is 160 Å². The van der Waals surface area contributed by atoms with Crippen molar-refractivity contribution in [1.82, 2.24) is 25.8 Å². The van der Waals surface area contributed by atoms with E-state index in [1.807, 2.05) is 30.3 Å². The number of rotatable bonds is 6. The molecular formula is C20H18FN5O2. The van der Waals surface area contributed by atoms with Gasteiger partial charge in [-0.2, -0.15) is 0 Å². The minimum absolute atomic E-state index is 0.0259. The van der Waals surface area contributed by atoms with Crippen LogP contribution < -0.4 is 10.9 Å². The maximum atomic E-state index is 12.8. The van der Waals surface area contributed by atoms with Crippen molar-refractivity contribution in [3.63, 3.8) is 0 Å². The molecule has 0 spiro atoms. The van der Waals surface area contributed by atoms with E-state index in [1.165, 1.54) is 36.4 Å². The van der Waals surface area contributed by atoms with Gasteiger partial charge in [0.15, 0.2) is 0 Å². The lowest BCUT2D eigenvalue weighted by molar-refractivity contribution is -0.126. The molecule has 0 saturated carbocycles. The highest BCUT2D eigenvalue weighted by Gasteiger charge is 2.05. The Morgan fingerprint density at radius 3 is 2.50 bits per heavy atom. The van der Waals surface area contributed by atoms with Crippen LogP contribution in [0.4, 0.5) is 4.39 Å². The zero-order valence-electron chi connectivity index (χ0n) is 14.9. The lowest BCUT2D eigenvalue weighted by Crippen LogP contribution is -2.41. The van der Waals surface area contributed by atoms with Crippen LogP contribution in [0.5, 0.6) is 0 Å². The molecule has 8 heteroatoms. The van der Waals surface area contributed by atoms with Crippen LogP contribution in [0.15, 0.2) is 66.9 Å². The first kappa shape index (κ1) is 19.0. The third kappa shape index (κ3) is 5.87. The van der Waals surface area contributed by atoms with E-state index in [0.29, 0.717) is 17.8 Å². The average molecular weight is 379 g/mol. The summed E-state index contributed by atoms with van der Waals surface area (Å²) in [6.45, 7) is 0.577. The molecule has 7 nitrogen and oxygen atoms in total. The number of nitrogens with one attached hydrogen (secondary N) is 2. The van der Waals surface area contributed by atoms with E-state index in [1.54, 1.807) is 10.9 Å². The minimum Gasteiger partial charge on any atom is -0.273 e. The van der Waals surface area contributed by atoms with Gasteiger partial charge in [-0.1, -0.05) is 47.7 Å². The van der Waals surface area contributed by atoms with Crippen LogP contribution >= 0.6 is 0 Å². The standard InChI is InChI=1S/C20H18FN5O2/c21-17-8-6-15(7-9-17)12-20(28)24-23-19(27)11-10-18-14-26(25-22-18)13-16-4-2-1-3-5-16/h1-11,14H,12-13H2,(H,23,27)(H,24,28)/b11-10+. The number of hydrazine groups is 1. The number of carbonyl (C=O) groups is 2. The van der Waals surface area contributed by atoms with Crippen molar-refractivity contribution in [2.24, 2.45) is 0 Å². The van der Waals surface area contributed by atoms with E-state index in [0.717, 1.165) is 5.56 Å². The van der Waals surface area contributed by atoms with Crippen molar-refractivity contribution in [2.75, 3.05) is 0 Å². The zero-order chi connectivity index (χ0) is 19.8. The molecule has 2 N–H and O–H groups in total. The Morgan fingerprint density at radius 1 is 1.00 bits per heavy atom. The maximum Gasteiger partial charge on any atom is 0.262 e. The molecule has 0 bridgehead atoms. The maximum absolute atomic E-state index is 12.8. The highest BCUT2D eigenvalue weighted by Crippen LogP contribution is 2.04. The van der Waals surface area contributed by atoms with Crippen molar-refractivity contribution in [1.29, 1.82) is 0 Å². The molecule has 0 aliphatic rings. The van der Waals surface area contributed by atoms with Gasteiger partial charge in [0, 0.05) is 6.08 Å². The second-order valence-corrected chi connectivity index (χ2v) is 6.00. The number of amides is 2. The molecule has 0 saturated heterocycles. The van der Waals surface area contributed by atoms with Crippen LogP contribution in [-0.4, -0.2) is 26.8 Å². The summed E-state index contributed by atoms with van der Waals surface area (Å²) in [7, 11) is 0. The van der Waals surface area contributed by atoms with E-state index >= 15 is 0 Å². The normalized spacial score (nSPS) is 10.8. The smallest absolute Gasteiger partial charge is 0.262 e. The monoisotopic (exact) mass is 379 g/mol. The fraction of sp³-hybridized carbons (Fsp3) is 0.100. The number of hydrogen-bond acceptors (Lipinski definition) is 4. The second-order valence-electron chi connectivity index (χ2n) is 6.00. The molecule has 0 atom stereocenters. The lowest BCUT2D eigenvalue weighted by atomic mass is 10.1. The molecule has 0 radical (unpaired) electrons. The second kappa shape index (κ2) is 9.22. The molecule has 3 aromatic rings. The van der Waals surface area contributed by atoms with Gasteiger partial charge in [-0.25, -0.2) is 9.07 Å². The van der Waals surface area contributed by atoms with Crippen LogP contribution in [0.2, 0.25) is 0 Å². The summed E-state index contributed by atoms with van der Waals surface area (Å²) < 4.78 is 14.5. The van der Waals surface area contributed by atoms with Gasteiger partial charge in [-0.15, -0.1) is 5.10 Å². The first-order chi connectivity index (χ1) is 13.6. The zero-order valence-corrected chi connectivity index (χ0v) is 14.9. The van der Waals surface area contributed by atoms with Gasteiger partial charge in [-0.3, -0.25) is 20.4 Å². The number of hydrogen-bond donors (Lipinski definition) is 2. The molecule has 2 amide bonds. The molecule has 0 fully saturated rings. The van der Waals surface area contributed by atoms with Crippen LogP contribution in [0, 0.1) is 5.82 Å². The fourth-order valence-corrected chi connectivity index (χ4v) is 2.40. The van der Waals surface area contributed by atoms with Crippen LogP contribution in [0.3, 0.4) is 0 Å². The number of benzene rings is 2. The van der Waals surface area contributed by atoms with Gasteiger partial charge < -0.3 is 0 Å². The predicted octanol–water partition coefficient (Wildman–Crippen LogP) is 1.87.